The average molecular weight is 152 g/mol. The number of hydrogen-bond donors (Lipinski definition) is 0. The molecule has 0 amide bonds. The lowest BCUT2D eigenvalue weighted by molar-refractivity contribution is 0.290. The van der Waals surface area contributed by atoms with E-state index in [1.807, 2.05) is 0 Å². The molecule has 0 bridgehead atoms. The maximum atomic E-state index is 2.50. The first kappa shape index (κ1) is 8.83. The third-order valence-electron chi connectivity index (χ3n) is 2.78. The van der Waals surface area contributed by atoms with E-state index >= 15 is 0 Å². The van der Waals surface area contributed by atoms with Crippen molar-refractivity contribution in [3.63, 3.8) is 0 Å². The molecule has 0 saturated carbocycles. The molecule has 0 aromatic heterocycles. The summed E-state index contributed by atoms with van der Waals surface area (Å²) < 4.78 is 0. The molecule has 11 heavy (non-hydrogen) atoms. The van der Waals surface area contributed by atoms with Gasteiger partial charge < -0.3 is 0 Å². The van der Waals surface area contributed by atoms with Crippen molar-refractivity contribution in [2.75, 3.05) is 0 Å². The van der Waals surface area contributed by atoms with Gasteiger partial charge in [0, 0.05) is 0 Å². The van der Waals surface area contributed by atoms with Crippen LogP contribution in [0, 0.1) is 11.3 Å². The lowest BCUT2D eigenvalue weighted by Crippen LogP contribution is -2.15. The zero-order valence-corrected chi connectivity index (χ0v) is 8.28. The third kappa shape index (κ3) is 2.08. The summed E-state index contributed by atoms with van der Waals surface area (Å²) in [6, 6.07) is 0. The van der Waals surface area contributed by atoms with Crippen LogP contribution in [0.4, 0.5) is 0 Å². The zero-order chi connectivity index (χ0) is 8.48. The van der Waals surface area contributed by atoms with Crippen molar-refractivity contribution in [3.05, 3.63) is 11.6 Å². The normalized spacial score (nSPS) is 25.5. The molecule has 0 spiro atoms. The van der Waals surface area contributed by atoms with Gasteiger partial charge in [-0.15, -0.1) is 0 Å². The monoisotopic (exact) mass is 152 g/mol. The molecule has 0 nitrogen and oxygen atoms in total. The summed E-state index contributed by atoms with van der Waals surface area (Å²) in [7, 11) is 0. The molecular formula is C11H20. The molecule has 0 aliphatic heterocycles. The number of allylic oxidation sites excluding steroid dienone is 2. The van der Waals surface area contributed by atoms with Gasteiger partial charge in [0.15, 0.2) is 0 Å². The number of hydrogen-bond acceptors (Lipinski definition) is 0. The Hall–Kier alpha value is -0.260. The van der Waals surface area contributed by atoms with E-state index in [-0.39, 0.29) is 0 Å². The zero-order valence-electron chi connectivity index (χ0n) is 8.28. The Balaban J connectivity index is 2.59. The van der Waals surface area contributed by atoms with Crippen LogP contribution in [0.5, 0.6) is 0 Å². The van der Waals surface area contributed by atoms with Crippen molar-refractivity contribution in [2.45, 2.75) is 47.0 Å². The highest BCUT2D eigenvalue weighted by molar-refractivity contribution is 5.12. The molecule has 1 atom stereocenters. The second-order valence-corrected chi connectivity index (χ2v) is 4.69. The van der Waals surface area contributed by atoms with Crippen molar-refractivity contribution in [2.24, 2.45) is 11.3 Å². The van der Waals surface area contributed by atoms with Crippen molar-refractivity contribution in [1.82, 2.24) is 0 Å². The first-order valence-electron chi connectivity index (χ1n) is 4.73. The van der Waals surface area contributed by atoms with Crippen LogP contribution in [-0.2, 0) is 0 Å². The molecule has 64 valence electrons. The van der Waals surface area contributed by atoms with Gasteiger partial charge in [0.1, 0.15) is 0 Å². The summed E-state index contributed by atoms with van der Waals surface area (Å²) in [6.07, 6.45) is 6.48. The SMILES string of the molecule is CCC1=CC(C(C)(C)C)CC1. The minimum atomic E-state index is 0.483. The van der Waals surface area contributed by atoms with E-state index in [0.717, 1.165) is 5.92 Å². The van der Waals surface area contributed by atoms with Gasteiger partial charge in [0.05, 0.1) is 0 Å². The molecule has 0 N–H and O–H groups in total. The quantitative estimate of drug-likeness (QED) is 0.502. The summed E-state index contributed by atoms with van der Waals surface area (Å²) in [5.41, 5.74) is 2.15. The molecule has 0 heterocycles. The fourth-order valence-corrected chi connectivity index (χ4v) is 1.77. The second kappa shape index (κ2) is 3.00. The van der Waals surface area contributed by atoms with E-state index < -0.39 is 0 Å². The van der Waals surface area contributed by atoms with Crippen LogP contribution in [0.1, 0.15) is 47.0 Å². The predicted octanol–water partition coefficient (Wildman–Crippen LogP) is 3.78. The van der Waals surface area contributed by atoms with Crippen molar-refractivity contribution in [3.8, 4) is 0 Å². The Morgan fingerprint density at radius 3 is 2.36 bits per heavy atom. The summed E-state index contributed by atoms with van der Waals surface area (Å²) in [6.45, 7) is 9.28. The molecule has 0 fully saturated rings. The average Bonchev–Trinajstić information content (AvgIpc) is 2.32. The van der Waals surface area contributed by atoms with Crippen LogP contribution in [0.25, 0.3) is 0 Å². The van der Waals surface area contributed by atoms with Gasteiger partial charge in [0.25, 0.3) is 0 Å². The van der Waals surface area contributed by atoms with Crippen LogP contribution < -0.4 is 0 Å². The van der Waals surface area contributed by atoms with Gasteiger partial charge in [0.2, 0.25) is 0 Å². The van der Waals surface area contributed by atoms with Crippen molar-refractivity contribution < 1.29 is 0 Å². The van der Waals surface area contributed by atoms with E-state index in [9.17, 15) is 0 Å². The second-order valence-electron chi connectivity index (χ2n) is 4.69. The smallest absolute Gasteiger partial charge is 0.0179 e. The Morgan fingerprint density at radius 1 is 1.45 bits per heavy atom. The van der Waals surface area contributed by atoms with Crippen LogP contribution in [-0.4, -0.2) is 0 Å². The molecule has 1 aliphatic rings. The maximum Gasteiger partial charge on any atom is -0.0179 e. The lowest BCUT2D eigenvalue weighted by Gasteiger charge is -2.24. The lowest BCUT2D eigenvalue weighted by atomic mass is 9.81. The first-order valence-corrected chi connectivity index (χ1v) is 4.73. The van der Waals surface area contributed by atoms with Gasteiger partial charge >= 0.3 is 0 Å². The molecule has 0 aromatic carbocycles. The first-order chi connectivity index (χ1) is 5.04. The predicted molar refractivity (Wildman–Crippen MR) is 50.6 cm³/mol. The summed E-state index contributed by atoms with van der Waals surface area (Å²) in [4.78, 5) is 0. The van der Waals surface area contributed by atoms with Gasteiger partial charge in [-0.1, -0.05) is 39.3 Å². The molecule has 0 aromatic rings. The fraction of sp³-hybridized carbons (Fsp3) is 0.818. The molecule has 1 rings (SSSR count). The van der Waals surface area contributed by atoms with Crippen LogP contribution >= 0.6 is 0 Å². The van der Waals surface area contributed by atoms with Gasteiger partial charge in [-0.3, -0.25) is 0 Å². The maximum absolute atomic E-state index is 2.50. The minimum absolute atomic E-state index is 0.483. The fourth-order valence-electron chi connectivity index (χ4n) is 1.77. The topological polar surface area (TPSA) is 0 Å². The highest BCUT2D eigenvalue weighted by atomic mass is 14.3. The number of rotatable bonds is 1. The largest absolute Gasteiger partial charge is 0.0817 e. The van der Waals surface area contributed by atoms with Gasteiger partial charge in [-0.2, -0.15) is 0 Å². The van der Waals surface area contributed by atoms with Crippen molar-refractivity contribution in [1.29, 1.82) is 0 Å². The Labute approximate surface area is 70.7 Å². The van der Waals surface area contributed by atoms with E-state index in [1.165, 1.54) is 19.3 Å². The van der Waals surface area contributed by atoms with Crippen LogP contribution in [0.15, 0.2) is 11.6 Å². The molecule has 0 heteroatoms. The minimum Gasteiger partial charge on any atom is -0.0817 e. The molecule has 1 unspecified atom stereocenters. The molecule has 1 aliphatic carbocycles. The van der Waals surface area contributed by atoms with E-state index in [0.29, 0.717) is 5.41 Å². The molecule has 0 radical (unpaired) electrons. The van der Waals surface area contributed by atoms with Crippen LogP contribution in [0.3, 0.4) is 0 Å². The Morgan fingerprint density at radius 2 is 2.09 bits per heavy atom. The Bertz CT molecular complexity index is 157. The summed E-state index contributed by atoms with van der Waals surface area (Å²) in [5, 5.41) is 0. The van der Waals surface area contributed by atoms with Gasteiger partial charge in [-0.25, -0.2) is 0 Å². The standard InChI is InChI=1S/C11H20/c1-5-9-6-7-10(8-9)11(2,3)4/h8,10H,5-7H2,1-4H3. The van der Waals surface area contributed by atoms with E-state index in [4.69, 9.17) is 0 Å². The van der Waals surface area contributed by atoms with E-state index in [1.54, 1.807) is 5.57 Å². The van der Waals surface area contributed by atoms with Gasteiger partial charge in [-0.05, 0) is 30.6 Å². The third-order valence-corrected chi connectivity index (χ3v) is 2.78. The summed E-state index contributed by atoms with van der Waals surface area (Å²) >= 11 is 0. The van der Waals surface area contributed by atoms with E-state index in [2.05, 4.69) is 33.8 Å². The molecule has 0 saturated heterocycles. The highest BCUT2D eigenvalue weighted by Gasteiger charge is 2.26. The van der Waals surface area contributed by atoms with Crippen molar-refractivity contribution >= 4 is 0 Å². The Kier molecular flexibility index (Phi) is 2.41. The van der Waals surface area contributed by atoms with Crippen LogP contribution in [0.2, 0.25) is 0 Å². The molecular weight excluding hydrogens is 132 g/mol. The highest BCUT2D eigenvalue weighted by Crippen LogP contribution is 2.38. The summed E-state index contributed by atoms with van der Waals surface area (Å²) in [5.74, 6) is 0.831.